The van der Waals surface area contributed by atoms with E-state index in [1.165, 1.54) is 12.1 Å². The Kier molecular flexibility index (Phi) is 5.52. The topological polar surface area (TPSA) is 73.2 Å². The first kappa shape index (κ1) is 17.7. The monoisotopic (exact) mass is 377 g/mol. The largest absolute Gasteiger partial charge is 0.494 e. The Balaban J connectivity index is 1.57. The van der Waals surface area contributed by atoms with Gasteiger partial charge in [0, 0.05) is 12.7 Å². The molecule has 6 nitrogen and oxygen atoms in total. The number of aromatic nitrogens is 2. The number of ether oxygens (including phenoxy) is 1. The molecule has 0 radical (unpaired) electrons. The summed E-state index contributed by atoms with van der Waals surface area (Å²) >= 11 is 1.62. The highest BCUT2D eigenvalue weighted by molar-refractivity contribution is 7.89. The molecule has 0 bridgehead atoms. The van der Waals surface area contributed by atoms with E-state index in [0.717, 1.165) is 10.6 Å². The molecular weight excluding hydrogens is 358 g/mol. The maximum atomic E-state index is 12.3. The molecule has 0 saturated heterocycles. The fourth-order valence-corrected chi connectivity index (χ4v) is 4.01. The highest BCUT2D eigenvalue weighted by Crippen LogP contribution is 2.22. The fraction of sp³-hybridized carbons (Fsp3) is 0.235. The number of benzene rings is 1. The fourth-order valence-electron chi connectivity index (χ4n) is 2.30. The third-order valence-corrected chi connectivity index (χ3v) is 5.86. The van der Waals surface area contributed by atoms with Crippen LogP contribution in [0.4, 0.5) is 0 Å². The highest BCUT2D eigenvalue weighted by atomic mass is 32.2. The van der Waals surface area contributed by atoms with Crippen LogP contribution in [0.15, 0.2) is 58.9 Å². The van der Waals surface area contributed by atoms with E-state index in [1.54, 1.807) is 28.2 Å². The average molecular weight is 377 g/mol. The first-order chi connectivity index (χ1) is 12.1. The van der Waals surface area contributed by atoms with Crippen molar-refractivity contribution in [2.24, 2.45) is 0 Å². The van der Waals surface area contributed by atoms with Crippen LogP contribution in [-0.2, 0) is 16.6 Å². The van der Waals surface area contributed by atoms with Crippen LogP contribution in [0.25, 0.3) is 10.6 Å². The van der Waals surface area contributed by atoms with Crippen LogP contribution >= 0.6 is 11.3 Å². The molecule has 0 amide bonds. The average Bonchev–Trinajstić information content (AvgIpc) is 3.27. The second kappa shape index (κ2) is 7.81. The lowest BCUT2D eigenvalue weighted by atomic mass is 10.3. The molecule has 2 aromatic heterocycles. The van der Waals surface area contributed by atoms with Crippen molar-refractivity contribution in [3.8, 4) is 16.3 Å². The third-order valence-electron chi connectivity index (χ3n) is 3.49. The molecule has 2 heterocycles. The van der Waals surface area contributed by atoms with Crippen molar-refractivity contribution in [1.82, 2.24) is 14.5 Å². The molecule has 3 aromatic rings. The van der Waals surface area contributed by atoms with E-state index < -0.39 is 10.0 Å². The Morgan fingerprint density at radius 3 is 2.68 bits per heavy atom. The van der Waals surface area contributed by atoms with E-state index in [0.29, 0.717) is 18.9 Å². The zero-order chi connectivity index (χ0) is 17.7. The van der Waals surface area contributed by atoms with Gasteiger partial charge in [-0.1, -0.05) is 6.07 Å². The van der Waals surface area contributed by atoms with Crippen molar-refractivity contribution in [3.05, 3.63) is 54.0 Å². The zero-order valence-electron chi connectivity index (χ0n) is 13.8. The molecule has 0 aliphatic carbocycles. The minimum absolute atomic E-state index is 0.218. The maximum Gasteiger partial charge on any atom is 0.240 e. The minimum atomic E-state index is -3.54. The summed E-state index contributed by atoms with van der Waals surface area (Å²) in [4.78, 5) is 1.31. The molecule has 0 unspecified atom stereocenters. The summed E-state index contributed by atoms with van der Waals surface area (Å²) < 4.78 is 34.3. The van der Waals surface area contributed by atoms with Gasteiger partial charge in [0.05, 0.1) is 22.9 Å². The first-order valence-corrected chi connectivity index (χ1v) is 10.2. The van der Waals surface area contributed by atoms with Gasteiger partial charge in [-0.25, -0.2) is 13.1 Å². The van der Waals surface area contributed by atoms with E-state index in [1.807, 2.05) is 36.7 Å². The van der Waals surface area contributed by atoms with Crippen molar-refractivity contribution >= 4 is 21.4 Å². The first-order valence-electron chi connectivity index (χ1n) is 7.88. The zero-order valence-corrected chi connectivity index (χ0v) is 15.4. The SMILES string of the molecule is CCOc1ccc(S(=O)(=O)NCCn2ccc(-c3cccs3)n2)cc1. The summed E-state index contributed by atoms with van der Waals surface area (Å²) in [5, 5.41) is 6.45. The maximum absolute atomic E-state index is 12.3. The molecule has 8 heteroatoms. The lowest BCUT2D eigenvalue weighted by Gasteiger charge is -2.08. The molecule has 0 spiro atoms. The normalized spacial score (nSPS) is 11.6. The quantitative estimate of drug-likeness (QED) is 0.655. The summed E-state index contributed by atoms with van der Waals surface area (Å²) in [5.74, 6) is 0.652. The van der Waals surface area contributed by atoms with Crippen molar-refractivity contribution in [2.45, 2.75) is 18.4 Å². The molecular formula is C17H19N3O3S2. The highest BCUT2D eigenvalue weighted by Gasteiger charge is 2.13. The van der Waals surface area contributed by atoms with Crippen LogP contribution in [0.2, 0.25) is 0 Å². The molecule has 3 rings (SSSR count). The van der Waals surface area contributed by atoms with Crippen LogP contribution in [0, 0.1) is 0 Å². The van der Waals surface area contributed by atoms with Gasteiger partial charge in [0.2, 0.25) is 10.0 Å². The molecule has 132 valence electrons. The molecule has 0 aliphatic rings. The van der Waals surface area contributed by atoms with Gasteiger partial charge in [-0.05, 0) is 48.7 Å². The van der Waals surface area contributed by atoms with Gasteiger partial charge in [0.25, 0.3) is 0 Å². The predicted octanol–water partition coefficient (Wildman–Crippen LogP) is 2.99. The standard InChI is InChI=1S/C17H19N3O3S2/c1-2-23-14-5-7-15(8-6-14)25(21,22)18-10-12-20-11-9-16(19-20)17-4-3-13-24-17/h3-9,11,13,18H,2,10,12H2,1H3. The summed E-state index contributed by atoms with van der Waals surface area (Å²) in [7, 11) is -3.54. The number of sulfonamides is 1. The van der Waals surface area contributed by atoms with Gasteiger partial charge in [0.15, 0.2) is 0 Å². The van der Waals surface area contributed by atoms with Crippen LogP contribution in [0.1, 0.15) is 6.92 Å². The second-order valence-corrected chi connectivity index (χ2v) is 7.96. The summed E-state index contributed by atoms with van der Waals surface area (Å²) in [6.45, 7) is 3.15. The van der Waals surface area contributed by atoms with Crippen LogP contribution < -0.4 is 9.46 Å². The Morgan fingerprint density at radius 2 is 2.00 bits per heavy atom. The Hall–Kier alpha value is -2.16. The Labute approximate surface area is 151 Å². The lowest BCUT2D eigenvalue weighted by molar-refractivity contribution is 0.340. The molecule has 0 fully saturated rings. The van der Waals surface area contributed by atoms with Gasteiger partial charge in [-0.15, -0.1) is 11.3 Å². The van der Waals surface area contributed by atoms with Crippen molar-refractivity contribution < 1.29 is 13.2 Å². The third kappa shape index (κ3) is 4.47. The van der Waals surface area contributed by atoms with E-state index in [-0.39, 0.29) is 11.4 Å². The number of nitrogens with zero attached hydrogens (tertiary/aromatic N) is 2. The van der Waals surface area contributed by atoms with Crippen molar-refractivity contribution in [2.75, 3.05) is 13.2 Å². The van der Waals surface area contributed by atoms with Gasteiger partial charge >= 0.3 is 0 Å². The van der Waals surface area contributed by atoms with Crippen LogP contribution in [0.5, 0.6) is 5.75 Å². The minimum Gasteiger partial charge on any atom is -0.494 e. The Bertz CT molecular complexity index is 901. The van der Waals surface area contributed by atoms with Crippen molar-refractivity contribution in [1.29, 1.82) is 0 Å². The van der Waals surface area contributed by atoms with Crippen molar-refractivity contribution in [3.63, 3.8) is 0 Å². The smallest absolute Gasteiger partial charge is 0.240 e. The number of hydrogen-bond acceptors (Lipinski definition) is 5. The molecule has 1 N–H and O–H groups in total. The van der Waals surface area contributed by atoms with Crippen LogP contribution in [0.3, 0.4) is 0 Å². The summed E-state index contributed by atoms with van der Waals surface area (Å²) in [6.07, 6.45) is 1.85. The molecule has 1 aromatic carbocycles. The second-order valence-electron chi connectivity index (χ2n) is 5.24. The van der Waals surface area contributed by atoms with E-state index >= 15 is 0 Å². The van der Waals surface area contributed by atoms with Gasteiger partial charge < -0.3 is 4.74 Å². The number of nitrogens with one attached hydrogen (secondary N) is 1. The predicted molar refractivity (Wildman–Crippen MR) is 98.3 cm³/mol. The van der Waals surface area contributed by atoms with Gasteiger partial charge in [0.1, 0.15) is 11.4 Å². The van der Waals surface area contributed by atoms with Gasteiger partial charge in [-0.2, -0.15) is 5.10 Å². The number of hydrogen-bond donors (Lipinski definition) is 1. The molecule has 0 saturated carbocycles. The Morgan fingerprint density at radius 1 is 1.20 bits per heavy atom. The number of thiophene rings is 1. The van der Waals surface area contributed by atoms with Gasteiger partial charge in [-0.3, -0.25) is 4.68 Å². The summed E-state index contributed by atoms with van der Waals surface area (Å²) in [6, 6.07) is 12.3. The summed E-state index contributed by atoms with van der Waals surface area (Å²) in [5.41, 5.74) is 0.893. The molecule has 0 aliphatic heterocycles. The van der Waals surface area contributed by atoms with E-state index in [9.17, 15) is 8.42 Å². The van der Waals surface area contributed by atoms with Crippen LogP contribution in [-0.4, -0.2) is 31.3 Å². The van der Waals surface area contributed by atoms with E-state index in [2.05, 4.69) is 9.82 Å². The van der Waals surface area contributed by atoms with E-state index in [4.69, 9.17) is 4.74 Å². The molecule has 25 heavy (non-hydrogen) atoms. The lowest BCUT2D eigenvalue weighted by Crippen LogP contribution is -2.27. The molecule has 0 atom stereocenters. The number of rotatable bonds is 8.